The minimum atomic E-state index is -0.0942. The van der Waals surface area contributed by atoms with Crippen LogP contribution in [0.15, 0.2) is 0 Å². The number of halogens is 1. The summed E-state index contributed by atoms with van der Waals surface area (Å²) in [5.41, 5.74) is 0. The molecule has 0 radical (unpaired) electrons. The van der Waals surface area contributed by atoms with Crippen LogP contribution in [-0.2, 0) is 9.53 Å². The molecule has 0 aromatic rings. The Labute approximate surface area is 130 Å². The largest absolute Gasteiger partial charge is 0.469 e. The quantitative estimate of drug-likeness (QED) is 0.228. The molecule has 0 saturated carbocycles. The summed E-state index contributed by atoms with van der Waals surface area (Å²) in [6.07, 6.45) is 15.3. The van der Waals surface area contributed by atoms with Crippen LogP contribution in [0.3, 0.4) is 0 Å². The van der Waals surface area contributed by atoms with Crippen LogP contribution in [0, 0.1) is 0 Å². The van der Waals surface area contributed by atoms with Crippen molar-refractivity contribution in [2.75, 3.05) is 7.11 Å². The number of carbonyl (C=O) groups is 1. The summed E-state index contributed by atoms with van der Waals surface area (Å²) in [5, 5.41) is 0.349. The number of rotatable bonds is 14. The third-order valence-electron chi connectivity index (χ3n) is 3.75. The van der Waals surface area contributed by atoms with Crippen LogP contribution >= 0.6 is 11.6 Å². The molecule has 2 nitrogen and oxygen atoms in total. The Morgan fingerprint density at radius 2 is 1.40 bits per heavy atom. The van der Waals surface area contributed by atoms with Gasteiger partial charge >= 0.3 is 5.97 Å². The van der Waals surface area contributed by atoms with E-state index < -0.39 is 0 Å². The first-order chi connectivity index (χ1) is 9.70. The van der Waals surface area contributed by atoms with Crippen molar-refractivity contribution in [1.82, 2.24) is 0 Å². The number of alkyl halides is 1. The van der Waals surface area contributed by atoms with Gasteiger partial charge in [-0.15, -0.1) is 11.6 Å². The van der Waals surface area contributed by atoms with Crippen LogP contribution in [0.1, 0.15) is 90.4 Å². The highest BCUT2D eigenvalue weighted by molar-refractivity contribution is 6.20. The van der Waals surface area contributed by atoms with Crippen LogP contribution in [0.25, 0.3) is 0 Å². The van der Waals surface area contributed by atoms with Crippen molar-refractivity contribution in [3.8, 4) is 0 Å². The zero-order chi connectivity index (χ0) is 15.1. The lowest BCUT2D eigenvalue weighted by Gasteiger charge is -2.09. The van der Waals surface area contributed by atoms with E-state index in [-0.39, 0.29) is 5.97 Å². The van der Waals surface area contributed by atoms with E-state index in [0.717, 1.165) is 25.7 Å². The van der Waals surface area contributed by atoms with Crippen LogP contribution in [0.4, 0.5) is 0 Å². The molecule has 120 valence electrons. The standard InChI is InChI=1S/C17H33ClO2/c1-3-4-5-6-7-10-13-16(18)14-11-8-9-12-15-17(19)20-2/h16H,3-15H2,1-2H3. The van der Waals surface area contributed by atoms with Gasteiger partial charge < -0.3 is 4.74 Å². The SMILES string of the molecule is CCCCCCCCC(Cl)CCCCCCC(=O)OC. The minimum Gasteiger partial charge on any atom is -0.469 e. The molecule has 0 spiro atoms. The molecule has 3 heteroatoms. The molecule has 0 fully saturated rings. The topological polar surface area (TPSA) is 26.3 Å². The zero-order valence-corrected chi connectivity index (χ0v) is 14.2. The summed E-state index contributed by atoms with van der Waals surface area (Å²) < 4.78 is 4.61. The first-order valence-corrected chi connectivity index (χ1v) is 8.85. The molecule has 0 aliphatic heterocycles. The normalized spacial score (nSPS) is 12.3. The van der Waals surface area contributed by atoms with Crippen molar-refractivity contribution in [3.63, 3.8) is 0 Å². The fourth-order valence-electron chi connectivity index (χ4n) is 2.38. The lowest BCUT2D eigenvalue weighted by Crippen LogP contribution is -2.00. The Morgan fingerprint density at radius 1 is 0.900 bits per heavy atom. The third-order valence-corrected chi connectivity index (χ3v) is 4.18. The Balaban J connectivity index is 3.20. The van der Waals surface area contributed by atoms with Crippen molar-refractivity contribution in [3.05, 3.63) is 0 Å². The maximum atomic E-state index is 10.9. The van der Waals surface area contributed by atoms with Crippen LogP contribution < -0.4 is 0 Å². The van der Waals surface area contributed by atoms with Crippen molar-refractivity contribution in [2.24, 2.45) is 0 Å². The van der Waals surface area contributed by atoms with Gasteiger partial charge in [-0.2, -0.15) is 0 Å². The molecule has 0 aromatic carbocycles. The zero-order valence-electron chi connectivity index (χ0n) is 13.5. The Morgan fingerprint density at radius 3 is 1.95 bits per heavy atom. The maximum Gasteiger partial charge on any atom is 0.305 e. The van der Waals surface area contributed by atoms with E-state index in [2.05, 4.69) is 11.7 Å². The lowest BCUT2D eigenvalue weighted by molar-refractivity contribution is -0.140. The summed E-state index contributed by atoms with van der Waals surface area (Å²) >= 11 is 6.33. The Bertz CT molecular complexity index is 219. The van der Waals surface area contributed by atoms with Gasteiger partial charge in [-0.3, -0.25) is 4.79 Å². The third kappa shape index (κ3) is 14.2. The van der Waals surface area contributed by atoms with Gasteiger partial charge in [0.25, 0.3) is 0 Å². The van der Waals surface area contributed by atoms with Gasteiger partial charge in [0.2, 0.25) is 0 Å². The van der Waals surface area contributed by atoms with Crippen LogP contribution in [-0.4, -0.2) is 18.5 Å². The summed E-state index contributed by atoms with van der Waals surface area (Å²) in [5.74, 6) is -0.0942. The monoisotopic (exact) mass is 304 g/mol. The molecular weight excluding hydrogens is 272 g/mol. The molecule has 1 unspecified atom stereocenters. The number of unbranched alkanes of at least 4 members (excludes halogenated alkanes) is 8. The minimum absolute atomic E-state index is 0.0942. The number of methoxy groups -OCH3 is 1. The van der Waals surface area contributed by atoms with Crippen LogP contribution in [0.5, 0.6) is 0 Å². The van der Waals surface area contributed by atoms with E-state index >= 15 is 0 Å². The fourth-order valence-corrected chi connectivity index (χ4v) is 2.69. The molecule has 0 saturated heterocycles. The molecule has 0 amide bonds. The Hall–Kier alpha value is -0.240. The van der Waals surface area contributed by atoms with Gasteiger partial charge in [0, 0.05) is 11.8 Å². The second-order valence-electron chi connectivity index (χ2n) is 5.68. The van der Waals surface area contributed by atoms with E-state index in [0.29, 0.717) is 11.8 Å². The number of ether oxygens (including phenoxy) is 1. The number of hydrogen-bond acceptors (Lipinski definition) is 2. The molecule has 0 rings (SSSR count). The van der Waals surface area contributed by atoms with Crippen molar-refractivity contribution < 1.29 is 9.53 Å². The van der Waals surface area contributed by atoms with Gasteiger partial charge in [0.05, 0.1) is 7.11 Å². The summed E-state index contributed by atoms with van der Waals surface area (Å²) in [4.78, 5) is 10.9. The molecule has 0 aliphatic rings. The van der Waals surface area contributed by atoms with Crippen molar-refractivity contribution in [1.29, 1.82) is 0 Å². The van der Waals surface area contributed by atoms with E-state index in [1.165, 1.54) is 58.5 Å². The second kappa shape index (κ2) is 15.2. The molecule has 0 aliphatic carbocycles. The van der Waals surface area contributed by atoms with E-state index in [1.54, 1.807) is 0 Å². The van der Waals surface area contributed by atoms with Crippen LogP contribution in [0.2, 0.25) is 0 Å². The summed E-state index contributed by atoms with van der Waals surface area (Å²) in [6, 6.07) is 0. The fraction of sp³-hybridized carbons (Fsp3) is 0.941. The first kappa shape index (κ1) is 19.8. The van der Waals surface area contributed by atoms with Gasteiger partial charge in [-0.25, -0.2) is 0 Å². The Kier molecular flexibility index (Phi) is 15.0. The molecule has 1 atom stereocenters. The van der Waals surface area contributed by atoms with E-state index in [1.807, 2.05) is 0 Å². The highest BCUT2D eigenvalue weighted by Crippen LogP contribution is 2.17. The molecule has 0 aromatic heterocycles. The van der Waals surface area contributed by atoms with Gasteiger partial charge in [0.15, 0.2) is 0 Å². The average Bonchev–Trinajstić information content (AvgIpc) is 2.46. The average molecular weight is 305 g/mol. The number of esters is 1. The number of hydrogen-bond donors (Lipinski definition) is 0. The van der Waals surface area contributed by atoms with Gasteiger partial charge in [-0.1, -0.05) is 64.7 Å². The molecule has 0 N–H and O–H groups in total. The molecule has 0 bridgehead atoms. The predicted molar refractivity (Wildman–Crippen MR) is 87.4 cm³/mol. The molecular formula is C17H33ClO2. The highest BCUT2D eigenvalue weighted by Gasteiger charge is 2.04. The smallest absolute Gasteiger partial charge is 0.305 e. The maximum absolute atomic E-state index is 10.9. The first-order valence-electron chi connectivity index (χ1n) is 8.41. The van der Waals surface area contributed by atoms with Crippen molar-refractivity contribution in [2.45, 2.75) is 95.8 Å². The van der Waals surface area contributed by atoms with E-state index in [4.69, 9.17) is 11.6 Å². The van der Waals surface area contributed by atoms with Gasteiger partial charge in [0.1, 0.15) is 0 Å². The summed E-state index contributed by atoms with van der Waals surface area (Å²) in [6.45, 7) is 2.25. The lowest BCUT2D eigenvalue weighted by atomic mass is 10.0. The molecule has 0 heterocycles. The summed E-state index contributed by atoms with van der Waals surface area (Å²) in [7, 11) is 1.45. The number of carbonyl (C=O) groups excluding carboxylic acids is 1. The van der Waals surface area contributed by atoms with Gasteiger partial charge in [-0.05, 0) is 19.3 Å². The van der Waals surface area contributed by atoms with Crippen molar-refractivity contribution >= 4 is 17.6 Å². The molecule has 20 heavy (non-hydrogen) atoms. The predicted octanol–water partition coefficient (Wildman–Crippen LogP) is 5.86. The second-order valence-corrected chi connectivity index (χ2v) is 6.30. The van der Waals surface area contributed by atoms with E-state index in [9.17, 15) is 4.79 Å². The highest BCUT2D eigenvalue weighted by atomic mass is 35.5.